The molecule has 156 valence electrons. The van der Waals surface area contributed by atoms with Gasteiger partial charge in [0.1, 0.15) is 11.6 Å². The fourth-order valence-electron chi connectivity index (χ4n) is 4.15. The maximum atomic E-state index is 14.9. The number of rotatable bonds is 4. The third-order valence-electron chi connectivity index (χ3n) is 5.78. The van der Waals surface area contributed by atoms with E-state index in [4.69, 9.17) is 0 Å². The Morgan fingerprint density at radius 3 is 2.27 bits per heavy atom. The van der Waals surface area contributed by atoms with Crippen LogP contribution in [0.1, 0.15) is 41.5 Å². The lowest BCUT2D eigenvalue weighted by Gasteiger charge is -2.26. The molecule has 3 aromatic carbocycles. The molecule has 0 saturated heterocycles. The highest BCUT2D eigenvalue weighted by Gasteiger charge is 2.31. The highest BCUT2D eigenvalue weighted by atomic mass is 19.4. The Bertz CT molecular complexity index is 1020. The van der Waals surface area contributed by atoms with Crippen LogP contribution < -0.4 is 4.74 Å². The number of aryl methyl sites for hydroxylation is 2. The van der Waals surface area contributed by atoms with E-state index in [1.807, 2.05) is 6.07 Å². The SMILES string of the molecule is CCc1ccc(C2CCc3cc(-c4ccc(OC(F)(F)F)cc4)c(F)cc3C2)cc1. The molecular weight excluding hydrogens is 392 g/mol. The van der Waals surface area contributed by atoms with Gasteiger partial charge in [-0.25, -0.2) is 4.39 Å². The van der Waals surface area contributed by atoms with Gasteiger partial charge in [-0.3, -0.25) is 0 Å². The Labute approximate surface area is 173 Å². The Hall–Kier alpha value is -2.82. The minimum absolute atomic E-state index is 0.318. The molecule has 1 atom stereocenters. The van der Waals surface area contributed by atoms with E-state index >= 15 is 0 Å². The molecule has 1 aliphatic rings. The lowest BCUT2D eigenvalue weighted by Crippen LogP contribution is -2.17. The van der Waals surface area contributed by atoms with Crippen molar-refractivity contribution < 1.29 is 22.3 Å². The molecule has 0 heterocycles. The highest BCUT2D eigenvalue weighted by Crippen LogP contribution is 2.36. The number of hydrogen-bond donors (Lipinski definition) is 0. The van der Waals surface area contributed by atoms with Crippen LogP contribution in [0.15, 0.2) is 60.7 Å². The van der Waals surface area contributed by atoms with Gasteiger partial charge in [0.25, 0.3) is 0 Å². The van der Waals surface area contributed by atoms with Gasteiger partial charge in [0.2, 0.25) is 0 Å². The van der Waals surface area contributed by atoms with Crippen molar-refractivity contribution in [3.63, 3.8) is 0 Å². The number of halogens is 4. The molecular formula is C25H22F4O. The first-order chi connectivity index (χ1) is 14.3. The standard InChI is InChI=1S/C25H22F4O/c1-2-16-3-5-17(6-4-16)19-7-8-20-14-23(24(26)15-21(20)13-19)18-9-11-22(12-10-18)30-25(27,28)29/h3-6,9-12,14-15,19H,2,7-8,13H2,1H3. The summed E-state index contributed by atoms with van der Waals surface area (Å²) < 4.78 is 55.7. The molecule has 0 spiro atoms. The Kier molecular flexibility index (Phi) is 5.54. The van der Waals surface area contributed by atoms with Crippen molar-refractivity contribution >= 4 is 0 Å². The van der Waals surface area contributed by atoms with Crippen molar-refractivity contribution in [1.29, 1.82) is 0 Å². The van der Waals surface area contributed by atoms with E-state index in [0.717, 1.165) is 36.8 Å². The second-order valence-corrected chi connectivity index (χ2v) is 7.71. The molecule has 0 aromatic heterocycles. The van der Waals surface area contributed by atoms with Crippen LogP contribution in [0.25, 0.3) is 11.1 Å². The van der Waals surface area contributed by atoms with Gasteiger partial charge in [0.15, 0.2) is 0 Å². The predicted octanol–water partition coefficient (Wildman–Crippen LogP) is 7.23. The predicted molar refractivity (Wildman–Crippen MR) is 109 cm³/mol. The molecule has 3 aromatic rings. The number of alkyl halides is 3. The van der Waals surface area contributed by atoms with E-state index in [0.29, 0.717) is 17.0 Å². The smallest absolute Gasteiger partial charge is 0.406 e. The molecule has 1 unspecified atom stereocenters. The minimum Gasteiger partial charge on any atom is -0.406 e. The van der Waals surface area contributed by atoms with E-state index in [9.17, 15) is 17.6 Å². The Morgan fingerprint density at radius 1 is 0.933 bits per heavy atom. The van der Waals surface area contributed by atoms with Gasteiger partial charge in [-0.15, -0.1) is 13.2 Å². The summed E-state index contributed by atoms with van der Waals surface area (Å²) in [6, 6.07) is 17.4. The van der Waals surface area contributed by atoms with Gasteiger partial charge in [0, 0.05) is 5.56 Å². The summed E-state index contributed by atoms with van der Waals surface area (Å²) in [5.74, 6) is -0.311. The van der Waals surface area contributed by atoms with Gasteiger partial charge >= 0.3 is 6.36 Å². The van der Waals surface area contributed by atoms with Crippen LogP contribution in [-0.4, -0.2) is 6.36 Å². The third-order valence-corrected chi connectivity index (χ3v) is 5.78. The lowest BCUT2D eigenvalue weighted by molar-refractivity contribution is -0.274. The van der Waals surface area contributed by atoms with Crippen LogP contribution in [-0.2, 0) is 19.3 Å². The molecule has 0 aliphatic heterocycles. The van der Waals surface area contributed by atoms with Crippen molar-refractivity contribution in [1.82, 2.24) is 0 Å². The summed E-state index contributed by atoms with van der Waals surface area (Å²) in [5.41, 5.74) is 5.62. The van der Waals surface area contributed by atoms with Gasteiger partial charge in [-0.1, -0.05) is 43.3 Å². The number of hydrogen-bond acceptors (Lipinski definition) is 1. The average molecular weight is 414 g/mol. The topological polar surface area (TPSA) is 9.23 Å². The number of benzene rings is 3. The molecule has 4 rings (SSSR count). The summed E-state index contributed by atoms with van der Waals surface area (Å²) in [5, 5.41) is 0. The van der Waals surface area contributed by atoms with Crippen LogP contribution >= 0.6 is 0 Å². The van der Waals surface area contributed by atoms with Crippen molar-refractivity contribution in [2.45, 2.75) is 44.9 Å². The molecule has 30 heavy (non-hydrogen) atoms. The molecule has 0 saturated carbocycles. The van der Waals surface area contributed by atoms with E-state index in [1.165, 1.54) is 35.4 Å². The zero-order valence-corrected chi connectivity index (χ0v) is 16.6. The normalized spacial score (nSPS) is 16.2. The Morgan fingerprint density at radius 2 is 1.63 bits per heavy atom. The summed E-state index contributed by atoms with van der Waals surface area (Å²) in [4.78, 5) is 0. The van der Waals surface area contributed by atoms with Gasteiger partial charge < -0.3 is 4.74 Å². The monoisotopic (exact) mass is 414 g/mol. The third kappa shape index (κ3) is 4.50. The molecule has 0 amide bonds. The molecule has 0 bridgehead atoms. The molecule has 1 nitrogen and oxygen atoms in total. The summed E-state index contributed by atoms with van der Waals surface area (Å²) in [7, 11) is 0. The fraction of sp³-hybridized carbons (Fsp3) is 0.280. The summed E-state index contributed by atoms with van der Waals surface area (Å²) in [6.45, 7) is 2.13. The number of fused-ring (bicyclic) bond motifs is 1. The van der Waals surface area contributed by atoms with E-state index in [2.05, 4.69) is 35.9 Å². The van der Waals surface area contributed by atoms with Crippen molar-refractivity contribution in [2.75, 3.05) is 0 Å². The van der Waals surface area contributed by atoms with Crippen molar-refractivity contribution in [3.8, 4) is 16.9 Å². The molecule has 1 aliphatic carbocycles. The maximum absolute atomic E-state index is 14.9. The van der Waals surface area contributed by atoms with Crippen LogP contribution in [0.2, 0.25) is 0 Å². The summed E-state index contributed by atoms with van der Waals surface area (Å²) >= 11 is 0. The van der Waals surface area contributed by atoms with Gasteiger partial charge in [-0.2, -0.15) is 0 Å². The zero-order valence-electron chi connectivity index (χ0n) is 16.6. The molecule has 5 heteroatoms. The minimum atomic E-state index is -4.74. The van der Waals surface area contributed by atoms with Crippen molar-refractivity contribution in [3.05, 3.63) is 88.7 Å². The highest BCUT2D eigenvalue weighted by molar-refractivity contribution is 5.67. The summed E-state index contributed by atoms with van der Waals surface area (Å²) in [6.07, 6.45) is -1.12. The first-order valence-corrected chi connectivity index (χ1v) is 10.1. The maximum Gasteiger partial charge on any atom is 0.573 e. The van der Waals surface area contributed by atoms with Crippen molar-refractivity contribution in [2.24, 2.45) is 0 Å². The first-order valence-electron chi connectivity index (χ1n) is 10.1. The second kappa shape index (κ2) is 8.13. The first kappa shape index (κ1) is 20.5. The van der Waals surface area contributed by atoms with Gasteiger partial charge in [-0.05, 0) is 83.7 Å². The molecule has 0 radical (unpaired) electrons. The van der Waals surface area contributed by atoms with Crippen LogP contribution in [0.5, 0.6) is 5.75 Å². The lowest BCUT2D eigenvalue weighted by atomic mass is 9.79. The average Bonchev–Trinajstić information content (AvgIpc) is 2.72. The fourth-order valence-corrected chi connectivity index (χ4v) is 4.15. The quantitative estimate of drug-likeness (QED) is 0.409. The molecule has 0 N–H and O–H groups in total. The van der Waals surface area contributed by atoms with Crippen LogP contribution in [0, 0.1) is 5.82 Å². The second-order valence-electron chi connectivity index (χ2n) is 7.71. The van der Waals surface area contributed by atoms with E-state index in [-0.39, 0.29) is 11.6 Å². The van der Waals surface area contributed by atoms with Gasteiger partial charge in [0.05, 0.1) is 0 Å². The van der Waals surface area contributed by atoms with E-state index in [1.54, 1.807) is 6.07 Å². The van der Waals surface area contributed by atoms with Crippen LogP contribution in [0.3, 0.4) is 0 Å². The number of ether oxygens (including phenoxy) is 1. The van der Waals surface area contributed by atoms with E-state index < -0.39 is 6.36 Å². The largest absolute Gasteiger partial charge is 0.573 e. The Balaban J connectivity index is 1.55. The molecule has 0 fully saturated rings. The zero-order chi connectivity index (χ0) is 21.3. The van der Waals surface area contributed by atoms with Crippen LogP contribution in [0.4, 0.5) is 17.6 Å².